The summed E-state index contributed by atoms with van der Waals surface area (Å²) in [6.07, 6.45) is 3.88. The minimum atomic E-state index is -0.478. The van der Waals surface area contributed by atoms with E-state index in [1.165, 1.54) is 19.3 Å². The third-order valence-electron chi connectivity index (χ3n) is 4.03. The molecular formula is C18H36N4O2. The number of ether oxygens (including phenoxy) is 1. The van der Waals surface area contributed by atoms with Gasteiger partial charge in [0.15, 0.2) is 5.96 Å². The average Bonchev–Trinajstić information content (AvgIpc) is 2.49. The Morgan fingerprint density at radius 3 is 2.25 bits per heavy atom. The molecule has 6 nitrogen and oxygen atoms in total. The van der Waals surface area contributed by atoms with Crippen LogP contribution in [0.15, 0.2) is 4.99 Å². The van der Waals surface area contributed by atoms with Crippen molar-refractivity contribution in [3.05, 3.63) is 0 Å². The van der Waals surface area contributed by atoms with Gasteiger partial charge in [-0.3, -0.25) is 9.69 Å². The van der Waals surface area contributed by atoms with Crippen molar-refractivity contribution < 1.29 is 9.53 Å². The number of nitrogens with one attached hydrogen (secondary N) is 2. The second-order valence-electron chi connectivity index (χ2n) is 8.00. The average molecular weight is 341 g/mol. The van der Waals surface area contributed by atoms with Gasteiger partial charge in [0.05, 0.1) is 0 Å². The van der Waals surface area contributed by atoms with E-state index in [0.29, 0.717) is 5.96 Å². The van der Waals surface area contributed by atoms with Crippen LogP contribution in [0, 0.1) is 0 Å². The highest BCUT2D eigenvalue weighted by atomic mass is 16.6. The fourth-order valence-corrected chi connectivity index (χ4v) is 2.77. The number of guanidine groups is 1. The summed E-state index contributed by atoms with van der Waals surface area (Å²) < 4.78 is 5.30. The molecule has 2 N–H and O–H groups in total. The smallest absolute Gasteiger partial charge is 0.328 e. The van der Waals surface area contributed by atoms with Crippen molar-refractivity contribution in [2.45, 2.75) is 71.9 Å². The van der Waals surface area contributed by atoms with Crippen LogP contribution in [-0.4, -0.2) is 60.7 Å². The van der Waals surface area contributed by atoms with Crippen molar-refractivity contribution in [3.63, 3.8) is 0 Å². The van der Waals surface area contributed by atoms with Crippen molar-refractivity contribution in [1.82, 2.24) is 15.5 Å². The van der Waals surface area contributed by atoms with Crippen LogP contribution in [0.5, 0.6) is 0 Å². The maximum Gasteiger partial charge on any atom is 0.328 e. The van der Waals surface area contributed by atoms with Gasteiger partial charge in [-0.25, -0.2) is 4.99 Å². The van der Waals surface area contributed by atoms with E-state index in [0.717, 1.165) is 26.2 Å². The summed E-state index contributed by atoms with van der Waals surface area (Å²) >= 11 is 0. The fourth-order valence-electron chi connectivity index (χ4n) is 2.77. The molecule has 0 bridgehead atoms. The predicted octanol–water partition coefficient (Wildman–Crippen LogP) is 2.15. The summed E-state index contributed by atoms with van der Waals surface area (Å²) in [4.78, 5) is 18.7. The lowest BCUT2D eigenvalue weighted by atomic mass is 9.98. The molecule has 0 saturated carbocycles. The third kappa shape index (κ3) is 7.99. The van der Waals surface area contributed by atoms with Crippen molar-refractivity contribution >= 4 is 11.9 Å². The standard InChI is InChI=1S/C18H36N4O2/c1-7-19-16(20-13-15(23)24-17(2,3)4)21-14-18(5,6)22-11-9-8-10-12-22/h7-14H2,1-6H3,(H2,19,20,21). The molecule has 0 aromatic heterocycles. The zero-order chi connectivity index (χ0) is 18.2. The van der Waals surface area contributed by atoms with Gasteiger partial charge in [-0.05, 0) is 67.5 Å². The molecule has 0 spiro atoms. The van der Waals surface area contributed by atoms with Crippen molar-refractivity contribution in [3.8, 4) is 0 Å². The number of aliphatic imine (C=N–C) groups is 1. The van der Waals surface area contributed by atoms with E-state index >= 15 is 0 Å². The van der Waals surface area contributed by atoms with Gasteiger partial charge < -0.3 is 15.4 Å². The van der Waals surface area contributed by atoms with Gasteiger partial charge in [-0.2, -0.15) is 0 Å². The molecule has 0 amide bonds. The Balaban J connectivity index is 2.55. The lowest BCUT2D eigenvalue weighted by molar-refractivity contribution is -0.152. The highest BCUT2D eigenvalue weighted by molar-refractivity contribution is 5.83. The molecule has 0 aromatic rings. The lowest BCUT2D eigenvalue weighted by Gasteiger charge is -2.41. The Morgan fingerprint density at radius 2 is 1.71 bits per heavy atom. The van der Waals surface area contributed by atoms with Crippen LogP contribution in [0.25, 0.3) is 0 Å². The summed E-state index contributed by atoms with van der Waals surface area (Å²) in [5, 5.41) is 6.55. The van der Waals surface area contributed by atoms with E-state index in [4.69, 9.17) is 4.74 Å². The van der Waals surface area contributed by atoms with Crippen LogP contribution in [0.2, 0.25) is 0 Å². The topological polar surface area (TPSA) is 66.0 Å². The number of likely N-dealkylation sites (tertiary alicyclic amines) is 1. The third-order valence-corrected chi connectivity index (χ3v) is 4.03. The summed E-state index contributed by atoms with van der Waals surface area (Å²) in [6, 6.07) is 0. The Kier molecular flexibility index (Phi) is 8.00. The maximum absolute atomic E-state index is 11.8. The van der Waals surface area contributed by atoms with Gasteiger partial charge in [0, 0.05) is 18.6 Å². The fraction of sp³-hybridized carbons (Fsp3) is 0.889. The molecule has 1 fully saturated rings. The Bertz CT molecular complexity index is 421. The molecule has 1 rings (SSSR count). The lowest BCUT2D eigenvalue weighted by Crippen LogP contribution is -2.55. The Labute approximate surface area is 147 Å². The summed E-state index contributed by atoms with van der Waals surface area (Å²) in [6.45, 7) is 16.0. The number of hydrogen-bond donors (Lipinski definition) is 2. The molecule has 24 heavy (non-hydrogen) atoms. The van der Waals surface area contributed by atoms with Crippen molar-refractivity contribution in [1.29, 1.82) is 0 Å². The van der Waals surface area contributed by atoms with Crippen LogP contribution in [0.1, 0.15) is 60.8 Å². The molecule has 1 heterocycles. The van der Waals surface area contributed by atoms with E-state index < -0.39 is 5.60 Å². The van der Waals surface area contributed by atoms with E-state index in [9.17, 15) is 4.79 Å². The second kappa shape index (κ2) is 9.25. The molecule has 0 unspecified atom stereocenters. The molecule has 1 aliphatic rings. The first-order valence-corrected chi connectivity index (χ1v) is 9.13. The zero-order valence-electron chi connectivity index (χ0n) is 16.4. The van der Waals surface area contributed by atoms with Gasteiger partial charge >= 0.3 is 5.97 Å². The minimum Gasteiger partial charge on any atom is -0.459 e. The van der Waals surface area contributed by atoms with Crippen LogP contribution < -0.4 is 10.6 Å². The molecule has 1 saturated heterocycles. The quantitative estimate of drug-likeness (QED) is 0.441. The number of nitrogens with zero attached hydrogens (tertiary/aromatic N) is 2. The minimum absolute atomic E-state index is 0.0245. The maximum atomic E-state index is 11.8. The highest BCUT2D eigenvalue weighted by Gasteiger charge is 2.28. The van der Waals surface area contributed by atoms with Gasteiger partial charge in [-0.1, -0.05) is 6.42 Å². The van der Waals surface area contributed by atoms with Gasteiger partial charge in [0.1, 0.15) is 12.1 Å². The molecule has 1 aliphatic heterocycles. The number of hydrogen-bond acceptors (Lipinski definition) is 4. The van der Waals surface area contributed by atoms with Crippen molar-refractivity contribution in [2.24, 2.45) is 4.99 Å². The first-order valence-electron chi connectivity index (χ1n) is 9.13. The van der Waals surface area contributed by atoms with Crippen molar-refractivity contribution in [2.75, 3.05) is 32.7 Å². The Hall–Kier alpha value is -1.30. The normalized spacial score (nSPS) is 17.5. The molecule has 0 atom stereocenters. The SMILES string of the molecule is CCNC(=NCC(=O)OC(C)(C)C)NCC(C)(C)N1CCCCC1. The molecule has 0 radical (unpaired) electrons. The summed E-state index contributed by atoms with van der Waals surface area (Å²) in [5.41, 5.74) is -0.419. The molecule has 140 valence electrons. The van der Waals surface area contributed by atoms with Gasteiger partial charge in [0.25, 0.3) is 0 Å². The van der Waals surface area contributed by atoms with Crippen LogP contribution in [0.3, 0.4) is 0 Å². The monoisotopic (exact) mass is 340 g/mol. The Morgan fingerprint density at radius 1 is 1.08 bits per heavy atom. The largest absolute Gasteiger partial charge is 0.459 e. The number of carbonyl (C=O) groups excluding carboxylic acids is 1. The zero-order valence-corrected chi connectivity index (χ0v) is 16.4. The second-order valence-corrected chi connectivity index (χ2v) is 8.00. The number of piperidine rings is 1. The highest BCUT2D eigenvalue weighted by Crippen LogP contribution is 2.19. The first-order chi connectivity index (χ1) is 11.1. The number of rotatable bonds is 6. The van der Waals surface area contributed by atoms with Crippen LogP contribution in [-0.2, 0) is 9.53 Å². The number of esters is 1. The van der Waals surface area contributed by atoms with Gasteiger partial charge in [0.2, 0.25) is 0 Å². The first kappa shape index (κ1) is 20.7. The van der Waals surface area contributed by atoms with E-state index in [2.05, 4.69) is 34.4 Å². The molecule has 6 heteroatoms. The van der Waals surface area contributed by atoms with Gasteiger partial charge in [-0.15, -0.1) is 0 Å². The summed E-state index contributed by atoms with van der Waals surface area (Å²) in [7, 11) is 0. The summed E-state index contributed by atoms with van der Waals surface area (Å²) in [5.74, 6) is 0.350. The van der Waals surface area contributed by atoms with Crippen LogP contribution >= 0.6 is 0 Å². The predicted molar refractivity (Wildman–Crippen MR) is 99.3 cm³/mol. The van der Waals surface area contributed by atoms with Crippen LogP contribution in [0.4, 0.5) is 0 Å². The van der Waals surface area contributed by atoms with E-state index in [1.807, 2.05) is 27.7 Å². The molecule has 0 aromatic carbocycles. The van der Waals surface area contributed by atoms with E-state index in [-0.39, 0.29) is 18.1 Å². The van der Waals surface area contributed by atoms with E-state index in [1.54, 1.807) is 0 Å². The molecular weight excluding hydrogens is 304 g/mol. The molecule has 0 aliphatic carbocycles. The number of carbonyl (C=O) groups is 1.